The van der Waals surface area contributed by atoms with Gasteiger partial charge in [-0.1, -0.05) is 36.4 Å². The summed E-state index contributed by atoms with van der Waals surface area (Å²) >= 11 is 0. The number of likely N-dealkylation sites (N-methyl/N-ethyl adjacent to an activating group) is 1. The molecule has 0 aliphatic heterocycles. The topological polar surface area (TPSA) is 64.7 Å². The second-order valence-corrected chi connectivity index (χ2v) is 6.66. The molecule has 6 heteroatoms. The number of hydrogen-bond donors (Lipinski definition) is 2. The van der Waals surface area contributed by atoms with Crippen LogP contribution in [0.4, 0.5) is 16.2 Å². The van der Waals surface area contributed by atoms with Crippen LogP contribution in [-0.2, 0) is 11.3 Å². The maximum absolute atomic E-state index is 12.3. The number of nitrogens with one attached hydrogen (secondary N) is 2. The third-order valence-electron chi connectivity index (χ3n) is 4.59. The SMILES string of the molecule is CC(=O)N(C)Cc1ccccc1NC(=O)NCC(C)N(C)c1ccccc1. The third kappa shape index (κ3) is 6.02. The largest absolute Gasteiger partial charge is 0.370 e. The van der Waals surface area contributed by atoms with E-state index in [0.717, 1.165) is 11.3 Å². The van der Waals surface area contributed by atoms with E-state index in [9.17, 15) is 9.59 Å². The fourth-order valence-electron chi connectivity index (χ4n) is 2.61. The lowest BCUT2D eigenvalue weighted by Gasteiger charge is -2.27. The zero-order valence-corrected chi connectivity index (χ0v) is 16.4. The Kier molecular flexibility index (Phi) is 7.23. The lowest BCUT2D eigenvalue weighted by molar-refractivity contribution is -0.128. The quantitative estimate of drug-likeness (QED) is 0.788. The van der Waals surface area contributed by atoms with Gasteiger partial charge in [0.05, 0.1) is 0 Å². The standard InChI is InChI=1S/C21H28N4O2/c1-16(25(4)19-11-6-5-7-12-19)14-22-21(27)23-20-13-9-8-10-18(20)15-24(3)17(2)26/h5-13,16H,14-15H2,1-4H3,(H2,22,23,27). The molecule has 0 heterocycles. The van der Waals surface area contributed by atoms with Crippen molar-refractivity contribution >= 4 is 23.3 Å². The second-order valence-electron chi connectivity index (χ2n) is 6.66. The number of anilines is 2. The average molecular weight is 368 g/mol. The van der Waals surface area contributed by atoms with Gasteiger partial charge in [0.25, 0.3) is 0 Å². The molecule has 2 N–H and O–H groups in total. The Hall–Kier alpha value is -3.02. The van der Waals surface area contributed by atoms with Crippen LogP contribution in [0.25, 0.3) is 0 Å². The summed E-state index contributed by atoms with van der Waals surface area (Å²) < 4.78 is 0. The second kappa shape index (κ2) is 9.62. The molecule has 1 atom stereocenters. The van der Waals surface area contributed by atoms with Crippen molar-refractivity contribution in [1.29, 1.82) is 0 Å². The van der Waals surface area contributed by atoms with Crippen LogP contribution < -0.4 is 15.5 Å². The van der Waals surface area contributed by atoms with Crippen LogP contribution in [0.3, 0.4) is 0 Å². The lowest BCUT2D eigenvalue weighted by Crippen LogP contribution is -2.41. The van der Waals surface area contributed by atoms with Crippen molar-refractivity contribution in [3.63, 3.8) is 0 Å². The molecule has 27 heavy (non-hydrogen) atoms. The lowest BCUT2D eigenvalue weighted by atomic mass is 10.1. The normalized spacial score (nSPS) is 11.4. The van der Waals surface area contributed by atoms with Crippen LogP contribution in [-0.4, -0.2) is 43.5 Å². The molecule has 0 aliphatic rings. The van der Waals surface area contributed by atoms with E-state index in [1.807, 2.05) is 61.6 Å². The summed E-state index contributed by atoms with van der Waals surface area (Å²) in [5, 5.41) is 5.79. The summed E-state index contributed by atoms with van der Waals surface area (Å²) in [5.74, 6) is -0.0213. The number of nitrogens with zero attached hydrogens (tertiary/aromatic N) is 2. The zero-order valence-electron chi connectivity index (χ0n) is 16.4. The fraction of sp³-hybridized carbons (Fsp3) is 0.333. The van der Waals surface area contributed by atoms with Gasteiger partial charge in [-0.25, -0.2) is 4.79 Å². The molecule has 2 rings (SSSR count). The number of benzene rings is 2. The maximum Gasteiger partial charge on any atom is 0.319 e. The van der Waals surface area contributed by atoms with Gasteiger partial charge >= 0.3 is 6.03 Å². The number of amides is 3. The van der Waals surface area contributed by atoms with Gasteiger partial charge in [0.15, 0.2) is 0 Å². The van der Waals surface area contributed by atoms with Gasteiger partial charge in [0.2, 0.25) is 5.91 Å². The van der Waals surface area contributed by atoms with E-state index in [1.165, 1.54) is 6.92 Å². The minimum atomic E-state index is -0.263. The highest BCUT2D eigenvalue weighted by molar-refractivity contribution is 5.90. The number of rotatable bonds is 7. The Morgan fingerprint density at radius 1 is 1.00 bits per heavy atom. The minimum Gasteiger partial charge on any atom is -0.370 e. The van der Waals surface area contributed by atoms with Gasteiger partial charge in [-0.2, -0.15) is 0 Å². The van der Waals surface area contributed by atoms with Crippen molar-refractivity contribution in [3.05, 3.63) is 60.2 Å². The van der Waals surface area contributed by atoms with Crippen LogP contribution in [0, 0.1) is 0 Å². The molecule has 1 unspecified atom stereocenters. The van der Waals surface area contributed by atoms with E-state index in [-0.39, 0.29) is 18.0 Å². The predicted molar refractivity (Wildman–Crippen MR) is 110 cm³/mol. The molecule has 3 amide bonds. The monoisotopic (exact) mass is 368 g/mol. The highest BCUT2D eigenvalue weighted by Crippen LogP contribution is 2.17. The van der Waals surface area contributed by atoms with E-state index >= 15 is 0 Å². The maximum atomic E-state index is 12.3. The highest BCUT2D eigenvalue weighted by Gasteiger charge is 2.13. The van der Waals surface area contributed by atoms with Crippen molar-refractivity contribution in [2.45, 2.75) is 26.4 Å². The predicted octanol–water partition coefficient (Wildman–Crippen LogP) is 3.31. The molecule has 6 nitrogen and oxygen atoms in total. The molecule has 2 aromatic carbocycles. The molecule has 0 saturated heterocycles. The van der Waals surface area contributed by atoms with E-state index in [2.05, 4.69) is 22.5 Å². The van der Waals surface area contributed by atoms with Gasteiger partial charge in [0, 0.05) is 51.5 Å². The number of hydrogen-bond acceptors (Lipinski definition) is 3. The smallest absolute Gasteiger partial charge is 0.319 e. The molecule has 0 radical (unpaired) electrons. The summed E-state index contributed by atoms with van der Waals surface area (Å²) in [6, 6.07) is 17.4. The van der Waals surface area contributed by atoms with Gasteiger partial charge in [0.1, 0.15) is 0 Å². The number of carbonyl (C=O) groups is 2. The first-order valence-electron chi connectivity index (χ1n) is 9.01. The van der Waals surface area contributed by atoms with Gasteiger partial charge in [-0.3, -0.25) is 4.79 Å². The average Bonchev–Trinajstić information content (AvgIpc) is 2.67. The van der Waals surface area contributed by atoms with E-state index in [4.69, 9.17) is 0 Å². The summed E-state index contributed by atoms with van der Waals surface area (Å²) in [4.78, 5) is 27.5. The fourth-order valence-corrected chi connectivity index (χ4v) is 2.61. The van der Waals surface area contributed by atoms with Crippen molar-refractivity contribution in [2.24, 2.45) is 0 Å². The Labute approximate surface area is 161 Å². The molecular formula is C21H28N4O2. The van der Waals surface area contributed by atoms with E-state index in [0.29, 0.717) is 18.8 Å². The Bertz CT molecular complexity index is 764. The molecule has 0 aromatic heterocycles. The molecular weight excluding hydrogens is 340 g/mol. The van der Waals surface area contributed by atoms with Crippen LogP contribution in [0.15, 0.2) is 54.6 Å². The van der Waals surface area contributed by atoms with Crippen LogP contribution in [0.2, 0.25) is 0 Å². The third-order valence-corrected chi connectivity index (χ3v) is 4.59. The van der Waals surface area contributed by atoms with Gasteiger partial charge in [-0.15, -0.1) is 0 Å². The first kappa shape index (κ1) is 20.3. The molecule has 2 aromatic rings. The molecule has 0 spiro atoms. The molecule has 0 bridgehead atoms. The summed E-state index contributed by atoms with van der Waals surface area (Å²) in [6.07, 6.45) is 0. The number of urea groups is 1. The zero-order chi connectivity index (χ0) is 19.8. The van der Waals surface area contributed by atoms with E-state index in [1.54, 1.807) is 11.9 Å². The minimum absolute atomic E-state index is 0.0213. The molecule has 0 aliphatic carbocycles. The highest BCUT2D eigenvalue weighted by atomic mass is 16.2. The summed E-state index contributed by atoms with van der Waals surface area (Å²) in [6.45, 7) is 4.53. The van der Waals surface area contributed by atoms with Gasteiger partial charge in [-0.05, 0) is 30.7 Å². The summed E-state index contributed by atoms with van der Waals surface area (Å²) in [7, 11) is 3.74. The number of carbonyl (C=O) groups excluding carboxylic acids is 2. The van der Waals surface area contributed by atoms with Crippen molar-refractivity contribution in [1.82, 2.24) is 10.2 Å². The van der Waals surface area contributed by atoms with Crippen molar-refractivity contribution < 1.29 is 9.59 Å². The number of para-hydroxylation sites is 2. The first-order valence-corrected chi connectivity index (χ1v) is 9.01. The Balaban J connectivity index is 1.91. The van der Waals surface area contributed by atoms with Crippen LogP contribution in [0.5, 0.6) is 0 Å². The molecule has 0 fully saturated rings. The molecule has 0 saturated carbocycles. The van der Waals surface area contributed by atoms with Crippen molar-refractivity contribution in [2.75, 3.05) is 30.9 Å². The Morgan fingerprint density at radius 3 is 2.30 bits per heavy atom. The van der Waals surface area contributed by atoms with Crippen LogP contribution in [0.1, 0.15) is 19.4 Å². The Morgan fingerprint density at radius 2 is 1.63 bits per heavy atom. The van der Waals surface area contributed by atoms with E-state index < -0.39 is 0 Å². The van der Waals surface area contributed by atoms with Crippen LogP contribution >= 0.6 is 0 Å². The first-order chi connectivity index (χ1) is 12.9. The molecule has 144 valence electrons. The van der Waals surface area contributed by atoms with Crippen molar-refractivity contribution in [3.8, 4) is 0 Å². The summed E-state index contributed by atoms with van der Waals surface area (Å²) in [5.41, 5.74) is 2.69. The van der Waals surface area contributed by atoms with Gasteiger partial charge < -0.3 is 20.4 Å².